The fourth-order valence-electron chi connectivity index (χ4n) is 8.37. The van der Waals surface area contributed by atoms with E-state index in [1.807, 2.05) is 24.3 Å². The van der Waals surface area contributed by atoms with Crippen molar-refractivity contribution >= 4 is 22.8 Å². The molecule has 1 heterocycles. The van der Waals surface area contributed by atoms with Crippen LogP contribution in [0.2, 0.25) is 0 Å². The minimum Gasteiger partial charge on any atom is -0.321 e. The molecule has 27 heavy (non-hydrogen) atoms. The van der Waals surface area contributed by atoms with Gasteiger partial charge >= 0.3 is 0 Å². The van der Waals surface area contributed by atoms with Crippen molar-refractivity contribution in [1.82, 2.24) is 20.4 Å². The Bertz CT molecular complexity index is 993. The molecular formula is C21H22N4O2. The predicted molar refractivity (Wildman–Crippen MR) is 96.7 cm³/mol. The molecule has 1 aromatic carbocycles. The molecule has 9 unspecified atom stereocenters. The van der Waals surface area contributed by atoms with E-state index in [-0.39, 0.29) is 24.3 Å². The van der Waals surface area contributed by atoms with Crippen molar-refractivity contribution in [2.75, 3.05) is 0 Å². The van der Waals surface area contributed by atoms with Gasteiger partial charge in [0.1, 0.15) is 6.54 Å². The lowest BCUT2D eigenvalue weighted by Gasteiger charge is -2.47. The van der Waals surface area contributed by atoms with Gasteiger partial charge in [0.05, 0.1) is 17.4 Å². The smallest absolute Gasteiger partial charge is 0.258 e. The summed E-state index contributed by atoms with van der Waals surface area (Å²) in [6, 6.07) is 7.72. The molecule has 2 bridgehead atoms. The van der Waals surface area contributed by atoms with Gasteiger partial charge in [0.2, 0.25) is 5.91 Å². The van der Waals surface area contributed by atoms with Crippen LogP contribution in [0.25, 0.3) is 11.0 Å². The summed E-state index contributed by atoms with van der Waals surface area (Å²) in [5, 5.41) is 0. The molecular weight excluding hydrogens is 340 g/mol. The summed E-state index contributed by atoms with van der Waals surface area (Å²) >= 11 is 0. The van der Waals surface area contributed by atoms with Gasteiger partial charge in [-0.15, -0.1) is 0 Å². The van der Waals surface area contributed by atoms with Crippen molar-refractivity contribution in [3.63, 3.8) is 0 Å². The molecule has 7 rings (SSSR count). The molecule has 2 aromatic rings. The lowest BCUT2D eigenvalue weighted by molar-refractivity contribution is -0.137. The number of rotatable bonds is 3. The second-order valence-corrected chi connectivity index (χ2v) is 9.36. The number of hydrogen-bond donors (Lipinski definition) is 2. The number of hydrazine groups is 1. The zero-order chi connectivity index (χ0) is 17.9. The number of carbonyl (C=O) groups is 2. The molecule has 1 aromatic heterocycles. The van der Waals surface area contributed by atoms with Gasteiger partial charge in [0.15, 0.2) is 0 Å². The van der Waals surface area contributed by atoms with Gasteiger partial charge in [0, 0.05) is 5.92 Å². The lowest BCUT2D eigenvalue weighted by atomic mass is 9.57. The highest BCUT2D eigenvalue weighted by Gasteiger charge is 2.81. The summed E-state index contributed by atoms with van der Waals surface area (Å²) in [6.45, 7) is 0.152. The quantitative estimate of drug-likeness (QED) is 0.814. The molecule has 9 atom stereocenters. The number of para-hydroxylation sites is 2. The van der Waals surface area contributed by atoms with Crippen LogP contribution in [0.3, 0.4) is 0 Å². The number of carbonyl (C=O) groups excluding carboxylic acids is 2. The standard InChI is InChI=1S/C21H22N4O2/c26-15(7-25-8-22-13-3-1-2-4-14(13)25)23-24-21(27)20-17-10-6-11-16-9(10)5-12(17)18(16)19(11)20/h1-4,8-12,16-20H,5-7H2,(H,23,26)(H,24,27). The van der Waals surface area contributed by atoms with Gasteiger partial charge < -0.3 is 4.57 Å². The highest BCUT2D eigenvalue weighted by Crippen LogP contribution is 2.84. The van der Waals surface area contributed by atoms with Crippen LogP contribution < -0.4 is 10.9 Å². The zero-order valence-electron chi connectivity index (χ0n) is 14.9. The van der Waals surface area contributed by atoms with Gasteiger partial charge in [0.25, 0.3) is 5.91 Å². The van der Waals surface area contributed by atoms with Crippen molar-refractivity contribution in [3.8, 4) is 0 Å². The second-order valence-electron chi connectivity index (χ2n) is 9.36. The van der Waals surface area contributed by atoms with Crippen LogP contribution in [0, 0.1) is 53.3 Å². The summed E-state index contributed by atoms with van der Waals surface area (Å²) in [6.07, 6.45) is 4.42. The normalized spacial score (nSPS) is 44.1. The molecule has 2 N–H and O–H groups in total. The molecule has 5 saturated carbocycles. The van der Waals surface area contributed by atoms with Crippen molar-refractivity contribution in [3.05, 3.63) is 30.6 Å². The molecule has 138 valence electrons. The van der Waals surface area contributed by atoms with E-state index in [9.17, 15) is 9.59 Å². The SMILES string of the molecule is O=C(Cn1cnc2ccccc21)NNC(=O)C1C2C3CC4C5C3CC2C5C41. The first-order valence-corrected chi connectivity index (χ1v) is 10.2. The van der Waals surface area contributed by atoms with Crippen molar-refractivity contribution < 1.29 is 9.59 Å². The van der Waals surface area contributed by atoms with Crippen LogP contribution in [0.5, 0.6) is 0 Å². The van der Waals surface area contributed by atoms with Crippen LogP contribution in [-0.4, -0.2) is 21.4 Å². The van der Waals surface area contributed by atoms with E-state index >= 15 is 0 Å². The number of amides is 2. The first-order valence-electron chi connectivity index (χ1n) is 10.2. The summed E-state index contributed by atoms with van der Waals surface area (Å²) in [5.74, 6) is 6.27. The van der Waals surface area contributed by atoms with E-state index in [4.69, 9.17) is 0 Å². The average Bonchev–Trinajstić information content (AvgIpc) is 3.34. The number of nitrogens with one attached hydrogen (secondary N) is 2. The van der Waals surface area contributed by atoms with Crippen LogP contribution in [0.15, 0.2) is 30.6 Å². The molecule has 0 radical (unpaired) electrons. The highest BCUT2D eigenvalue weighted by atomic mass is 16.2. The van der Waals surface area contributed by atoms with E-state index in [0.29, 0.717) is 11.8 Å². The van der Waals surface area contributed by atoms with E-state index in [1.54, 1.807) is 10.9 Å². The minimum atomic E-state index is -0.214. The Balaban J connectivity index is 1.04. The fourth-order valence-corrected chi connectivity index (χ4v) is 8.37. The van der Waals surface area contributed by atoms with Crippen LogP contribution in [-0.2, 0) is 16.1 Å². The van der Waals surface area contributed by atoms with Crippen LogP contribution >= 0.6 is 0 Å². The third-order valence-corrected chi connectivity index (χ3v) is 8.79. The number of nitrogens with zero attached hydrogens (tertiary/aromatic N) is 2. The maximum absolute atomic E-state index is 12.9. The molecule has 6 heteroatoms. The number of fused-ring (bicyclic) bond motifs is 3. The van der Waals surface area contributed by atoms with Gasteiger partial charge in [-0.2, -0.15) is 0 Å². The van der Waals surface area contributed by atoms with Gasteiger partial charge in [-0.3, -0.25) is 20.4 Å². The maximum Gasteiger partial charge on any atom is 0.258 e. The maximum atomic E-state index is 12.9. The number of imidazole rings is 1. The summed E-state index contributed by atoms with van der Waals surface area (Å²) in [7, 11) is 0. The number of hydrogen-bond acceptors (Lipinski definition) is 3. The first-order chi connectivity index (χ1) is 13.2. The Hall–Kier alpha value is -2.37. The van der Waals surface area contributed by atoms with Crippen molar-refractivity contribution in [2.24, 2.45) is 53.3 Å². The molecule has 0 spiro atoms. The average molecular weight is 362 g/mol. The van der Waals surface area contributed by atoms with Crippen LogP contribution in [0.4, 0.5) is 0 Å². The van der Waals surface area contributed by atoms with E-state index < -0.39 is 0 Å². The zero-order valence-corrected chi connectivity index (χ0v) is 14.9. The monoisotopic (exact) mass is 362 g/mol. The Morgan fingerprint density at radius 2 is 1.74 bits per heavy atom. The molecule has 5 aliphatic rings. The van der Waals surface area contributed by atoms with Crippen molar-refractivity contribution in [2.45, 2.75) is 19.4 Å². The minimum absolute atomic E-state index is 0.0528. The van der Waals surface area contributed by atoms with E-state index in [1.165, 1.54) is 12.8 Å². The Labute approximate surface area is 156 Å². The predicted octanol–water partition coefficient (Wildman–Crippen LogP) is 1.58. The summed E-state index contributed by atoms with van der Waals surface area (Å²) < 4.78 is 1.81. The fraction of sp³-hybridized carbons (Fsp3) is 0.571. The van der Waals surface area contributed by atoms with Crippen molar-refractivity contribution in [1.29, 1.82) is 0 Å². The molecule has 2 amide bonds. The molecule has 5 aliphatic carbocycles. The number of benzene rings is 1. The third-order valence-electron chi connectivity index (χ3n) is 8.79. The van der Waals surface area contributed by atoms with Gasteiger partial charge in [-0.1, -0.05) is 12.1 Å². The molecule has 0 aliphatic heterocycles. The molecule has 6 nitrogen and oxygen atoms in total. The molecule has 0 saturated heterocycles. The third kappa shape index (κ3) is 1.62. The lowest BCUT2D eigenvalue weighted by Crippen LogP contribution is -2.52. The van der Waals surface area contributed by atoms with E-state index in [2.05, 4.69) is 15.8 Å². The Kier molecular flexibility index (Phi) is 2.56. The van der Waals surface area contributed by atoms with Gasteiger partial charge in [-0.25, -0.2) is 4.98 Å². The first kappa shape index (κ1) is 14.7. The second kappa shape index (κ2) is 4.72. The van der Waals surface area contributed by atoms with Crippen LogP contribution in [0.1, 0.15) is 12.8 Å². The summed E-state index contributed by atoms with van der Waals surface area (Å²) in [4.78, 5) is 29.6. The highest BCUT2D eigenvalue weighted by molar-refractivity contribution is 5.85. The largest absolute Gasteiger partial charge is 0.321 e. The topological polar surface area (TPSA) is 76.0 Å². The Morgan fingerprint density at radius 3 is 2.63 bits per heavy atom. The Morgan fingerprint density at radius 1 is 0.963 bits per heavy atom. The summed E-state index contributed by atoms with van der Waals surface area (Å²) in [5.41, 5.74) is 7.20. The number of aromatic nitrogens is 2. The van der Waals surface area contributed by atoms with E-state index in [0.717, 1.165) is 46.5 Å². The van der Waals surface area contributed by atoms with Gasteiger partial charge in [-0.05, 0) is 72.3 Å². The molecule has 5 fully saturated rings.